The third-order valence-electron chi connectivity index (χ3n) is 6.77. The van der Waals surface area contributed by atoms with Crippen molar-refractivity contribution in [2.45, 2.75) is 42.1 Å². The SMILES string of the molecule is O=C(Oc1ccccc1)N1c2cc(O)ccc2[C@@]23O[C@]24CCC[C@]3(O)C#C/C=C\C#C[C@H]14. The molecule has 2 fully saturated rings. The molecular weight excluding hydrogens is 406 g/mol. The Kier molecular flexibility index (Phi) is 3.80. The third kappa shape index (κ3) is 2.31. The molecule has 0 spiro atoms. The average molecular weight is 425 g/mol. The molecule has 2 aromatic rings. The molecule has 2 aromatic carbocycles. The minimum absolute atomic E-state index is 0.0186. The van der Waals surface area contributed by atoms with Crippen LogP contribution in [0.5, 0.6) is 11.5 Å². The number of phenolic OH excluding ortho intramolecular Hbond substituents is 1. The van der Waals surface area contributed by atoms with E-state index in [0.717, 1.165) is 0 Å². The zero-order valence-electron chi connectivity index (χ0n) is 17.0. The van der Waals surface area contributed by atoms with E-state index in [1.807, 2.05) is 6.07 Å². The number of para-hydroxylation sites is 1. The van der Waals surface area contributed by atoms with E-state index in [4.69, 9.17) is 9.47 Å². The molecule has 6 heteroatoms. The predicted octanol–water partition coefficient (Wildman–Crippen LogP) is 3.24. The maximum Gasteiger partial charge on any atom is 0.420 e. The molecule has 6 rings (SSSR count). The molecule has 2 heterocycles. The van der Waals surface area contributed by atoms with Gasteiger partial charge in [0.15, 0.2) is 11.2 Å². The number of ether oxygens (including phenoxy) is 2. The summed E-state index contributed by atoms with van der Waals surface area (Å²) in [5, 5.41) is 22.0. The summed E-state index contributed by atoms with van der Waals surface area (Å²) in [6.45, 7) is 0. The maximum atomic E-state index is 13.5. The molecular formula is C26H19NO5. The van der Waals surface area contributed by atoms with Crippen LogP contribution in [0.3, 0.4) is 0 Å². The van der Waals surface area contributed by atoms with E-state index in [1.54, 1.807) is 42.5 Å². The zero-order chi connectivity index (χ0) is 22.0. The van der Waals surface area contributed by atoms with Gasteiger partial charge in [0, 0.05) is 11.6 Å². The Morgan fingerprint density at radius 1 is 1.12 bits per heavy atom. The van der Waals surface area contributed by atoms with Crippen molar-refractivity contribution in [3.63, 3.8) is 0 Å². The summed E-state index contributed by atoms with van der Waals surface area (Å²) in [6.07, 6.45) is 4.26. The minimum atomic E-state index is -1.45. The van der Waals surface area contributed by atoms with Crippen molar-refractivity contribution >= 4 is 11.8 Å². The second kappa shape index (κ2) is 6.40. The lowest BCUT2D eigenvalue weighted by molar-refractivity contribution is -0.00515. The molecule has 2 aliphatic carbocycles. The largest absolute Gasteiger partial charge is 0.508 e. The van der Waals surface area contributed by atoms with E-state index in [-0.39, 0.29) is 5.75 Å². The Labute approximate surface area is 185 Å². The number of fused-ring (bicyclic) bond motifs is 1. The van der Waals surface area contributed by atoms with E-state index in [9.17, 15) is 15.0 Å². The minimum Gasteiger partial charge on any atom is -0.508 e. The molecule has 2 N–H and O–H groups in total. The van der Waals surface area contributed by atoms with Gasteiger partial charge in [0.1, 0.15) is 23.1 Å². The summed E-state index contributed by atoms with van der Waals surface area (Å²) in [5.41, 5.74) is -2.52. The van der Waals surface area contributed by atoms with Gasteiger partial charge in [-0.05, 0) is 49.6 Å². The first-order chi connectivity index (χ1) is 15.5. The lowest BCUT2D eigenvalue weighted by atomic mass is 9.61. The number of epoxide rings is 1. The number of amides is 1. The second-order valence-electron chi connectivity index (χ2n) is 8.43. The van der Waals surface area contributed by atoms with Crippen LogP contribution in [0.4, 0.5) is 10.5 Å². The van der Waals surface area contributed by atoms with E-state index < -0.39 is 28.9 Å². The number of carbonyl (C=O) groups is 1. The Balaban J connectivity index is 1.58. The molecule has 1 saturated carbocycles. The number of anilines is 1. The zero-order valence-corrected chi connectivity index (χ0v) is 17.0. The highest BCUT2D eigenvalue weighted by molar-refractivity contribution is 5.94. The van der Waals surface area contributed by atoms with Gasteiger partial charge >= 0.3 is 6.09 Å². The Morgan fingerprint density at radius 3 is 2.78 bits per heavy atom. The fourth-order valence-electron chi connectivity index (χ4n) is 5.49. The molecule has 32 heavy (non-hydrogen) atoms. The molecule has 1 amide bonds. The highest BCUT2D eigenvalue weighted by atomic mass is 16.7. The molecule has 4 atom stereocenters. The fraction of sp³-hybridized carbons (Fsp3) is 0.269. The highest BCUT2D eigenvalue weighted by Gasteiger charge is 2.86. The normalized spacial score (nSPS) is 33.8. The van der Waals surface area contributed by atoms with E-state index >= 15 is 0 Å². The van der Waals surface area contributed by atoms with Gasteiger partial charge in [-0.1, -0.05) is 47.9 Å². The van der Waals surface area contributed by atoms with E-state index in [2.05, 4.69) is 23.7 Å². The standard InChI is InChI=1S/C26H19NO5/c28-18-12-13-20-21(17-18)27(23(29)31-19-9-4-3-5-10-19)22-11-6-1-2-7-14-24(30)15-8-16-25(22)26(20,24)32-25/h1-5,9-10,12-13,17,22,28,30H,8,15-16H2/b2-1-/t22-,24+,25-,26-/m0/s1. The number of nitrogens with zero attached hydrogens (tertiary/aromatic N) is 1. The van der Waals surface area contributed by atoms with Crippen LogP contribution in [0.25, 0.3) is 0 Å². The number of phenols is 1. The maximum absolute atomic E-state index is 13.5. The van der Waals surface area contributed by atoms with Gasteiger partial charge in [-0.15, -0.1) is 0 Å². The molecule has 1 saturated heterocycles. The van der Waals surface area contributed by atoms with Crippen LogP contribution in [0.2, 0.25) is 0 Å². The Morgan fingerprint density at radius 2 is 1.94 bits per heavy atom. The highest BCUT2D eigenvalue weighted by Crippen LogP contribution is 2.73. The van der Waals surface area contributed by atoms with Crippen LogP contribution in [0.1, 0.15) is 24.8 Å². The van der Waals surface area contributed by atoms with Crippen molar-refractivity contribution in [1.29, 1.82) is 0 Å². The van der Waals surface area contributed by atoms with Crippen molar-refractivity contribution < 1.29 is 24.5 Å². The number of hydrogen-bond donors (Lipinski definition) is 2. The van der Waals surface area contributed by atoms with Crippen LogP contribution in [0.15, 0.2) is 60.7 Å². The van der Waals surface area contributed by atoms with Crippen molar-refractivity contribution in [2.24, 2.45) is 0 Å². The topological polar surface area (TPSA) is 82.5 Å². The van der Waals surface area contributed by atoms with Gasteiger partial charge in [-0.25, -0.2) is 4.79 Å². The van der Waals surface area contributed by atoms with Crippen molar-refractivity contribution in [3.8, 4) is 35.2 Å². The summed E-state index contributed by atoms with van der Waals surface area (Å²) in [5.74, 6) is 12.4. The molecule has 0 aromatic heterocycles. The van der Waals surface area contributed by atoms with Crippen molar-refractivity contribution in [1.82, 2.24) is 0 Å². The summed E-state index contributed by atoms with van der Waals surface area (Å²) >= 11 is 0. The van der Waals surface area contributed by atoms with E-state index in [1.165, 1.54) is 17.0 Å². The second-order valence-corrected chi connectivity index (χ2v) is 8.43. The number of allylic oxidation sites excluding steroid dienone is 2. The number of aromatic hydroxyl groups is 1. The molecule has 0 radical (unpaired) electrons. The first kappa shape index (κ1) is 19.0. The predicted molar refractivity (Wildman–Crippen MR) is 116 cm³/mol. The summed E-state index contributed by atoms with van der Waals surface area (Å²) < 4.78 is 12.1. The molecule has 4 aliphatic rings. The Hall–Kier alpha value is -3.71. The number of carbonyl (C=O) groups excluding carboxylic acids is 1. The van der Waals surface area contributed by atoms with Gasteiger partial charge in [0.05, 0.1) is 5.69 Å². The fourth-order valence-corrected chi connectivity index (χ4v) is 5.49. The molecule has 2 aliphatic heterocycles. The summed E-state index contributed by atoms with van der Waals surface area (Å²) in [6, 6.07) is 12.8. The number of rotatable bonds is 1. The van der Waals surface area contributed by atoms with Crippen LogP contribution < -0.4 is 9.64 Å². The van der Waals surface area contributed by atoms with Crippen LogP contribution in [-0.4, -0.2) is 33.6 Å². The first-order valence-electron chi connectivity index (χ1n) is 10.5. The molecule has 4 bridgehead atoms. The monoisotopic (exact) mass is 425 g/mol. The third-order valence-corrected chi connectivity index (χ3v) is 6.77. The first-order valence-corrected chi connectivity index (χ1v) is 10.5. The van der Waals surface area contributed by atoms with Crippen LogP contribution in [-0.2, 0) is 10.3 Å². The quantitative estimate of drug-likeness (QED) is 0.542. The van der Waals surface area contributed by atoms with Crippen molar-refractivity contribution in [2.75, 3.05) is 4.90 Å². The number of benzene rings is 2. The number of hydrogen-bond acceptors (Lipinski definition) is 5. The van der Waals surface area contributed by atoms with Gasteiger partial charge in [0.2, 0.25) is 0 Å². The van der Waals surface area contributed by atoms with E-state index in [0.29, 0.717) is 36.3 Å². The van der Waals surface area contributed by atoms with Gasteiger partial charge in [0.25, 0.3) is 0 Å². The average Bonchev–Trinajstić information content (AvgIpc) is 3.49. The lowest BCUT2D eigenvalue weighted by Crippen LogP contribution is -2.62. The Bertz CT molecular complexity index is 1300. The van der Waals surface area contributed by atoms with Gasteiger partial charge in [-0.2, -0.15) is 0 Å². The van der Waals surface area contributed by atoms with Gasteiger partial charge in [-0.3, -0.25) is 4.90 Å². The molecule has 6 nitrogen and oxygen atoms in total. The van der Waals surface area contributed by atoms with Crippen molar-refractivity contribution in [3.05, 3.63) is 66.2 Å². The summed E-state index contributed by atoms with van der Waals surface area (Å²) in [7, 11) is 0. The van der Waals surface area contributed by atoms with Crippen LogP contribution >= 0.6 is 0 Å². The van der Waals surface area contributed by atoms with Crippen LogP contribution in [0, 0.1) is 23.7 Å². The molecule has 0 unspecified atom stereocenters. The smallest absolute Gasteiger partial charge is 0.420 e. The number of aliphatic hydroxyl groups is 1. The lowest BCUT2D eigenvalue weighted by Gasteiger charge is -2.46. The summed E-state index contributed by atoms with van der Waals surface area (Å²) in [4.78, 5) is 14.9. The van der Waals surface area contributed by atoms with Gasteiger partial charge < -0.3 is 19.7 Å². The molecule has 158 valence electrons.